The number of carbonyl (C=O) groups is 1. The normalized spacial score (nSPS) is 11.1. The Labute approximate surface area is 88.8 Å². The molecule has 1 rings (SSSR count). The predicted octanol–water partition coefficient (Wildman–Crippen LogP) is 2.74. The van der Waals surface area contributed by atoms with E-state index in [0.717, 1.165) is 11.3 Å². The molecule has 0 saturated carbocycles. The van der Waals surface area contributed by atoms with E-state index in [4.69, 9.17) is 16.3 Å². The van der Waals surface area contributed by atoms with Crippen molar-refractivity contribution in [2.45, 2.75) is 19.3 Å². The molecule has 0 N–H and O–H groups in total. The molecule has 0 aliphatic heterocycles. The van der Waals surface area contributed by atoms with Gasteiger partial charge >= 0.3 is 0 Å². The summed E-state index contributed by atoms with van der Waals surface area (Å²) in [6, 6.07) is 7.33. The smallest absolute Gasteiger partial charge is 0.231 e. The minimum Gasteiger partial charge on any atom is -0.497 e. The highest BCUT2D eigenvalue weighted by Crippen LogP contribution is 2.27. The molecule has 0 fully saturated rings. The summed E-state index contributed by atoms with van der Waals surface area (Å²) in [6.45, 7) is 3.59. The highest BCUT2D eigenvalue weighted by Gasteiger charge is 2.27. The average molecular weight is 213 g/mol. The first-order chi connectivity index (χ1) is 6.48. The molecular formula is C11H13ClO2. The van der Waals surface area contributed by atoms with Crippen molar-refractivity contribution in [3.8, 4) is 5.75 Å². The molecule has 2 nitrogen and oxygen atoms in total. The molecule has 0 bridgehead atoms. The maximum absolute atomic E-state index is 11.2. The maximum atomic E-state index is 11.2. The van der Waals surface area contributed by atoms with Crippen molar-refractivity contribution in [1.29, 1.82) is 0 Å². The Hall–Kier alpha value is -1.02. The Kier molecular flexibility index (Phi) is 3.17. The van der Waals surface area contributed by atoms with Gasteiger partial charge in [-0.25, -0.2) is 0 Å². The summed E-state index contributed by atoms with van der Waals surface area (Å²) in [5.74, 6) is 0.770. The highest BCUT2D eigenvalue weighted by molar-refractivity contribution is 6.65. The van der Waals surface area contributed by atoms with Crippen molar-refractivity contribution in [3.05, 3.63) is 29.8 Å². The van der Waals surface area contributed by atoms with Crippen molar-refractivity contribution >= 4 is 16.8 Å². The highest BCUT2D eigenvalue weighted by atomic mass is 35.5. The minimum atomic E-state index is -0.645. The van der Waals surface area contributed by atoms with E-state index in [0.29, 0.717) is 0 Å². The maximum Gasteiger partial charge on any atom is 0.231 e. The first-order valence-electron chi connectivity index (χ1n) is 4.33. The number of carbonyl (C=O) groups excluding carboxylic acids is 1. The van der Waals surface area contributed by atoms with Crippen LogP contribution in [0.1, 0.15) is 19.4 Å². The van der Waals surface area contributed by atoms with Crippen LogP contribution in [0.15, 0.2) is 24.3 Å². The van der Waals surface area contributed by atoms with Gasteiger partial charge in [-0.1, -0.05) is 12.1 Å². The molecule has 1 aromatic carbocycles. The average Bonchev–Trinajstić information content (AvgIpc) is 2.17. The van der Waals surface area contributed by atoms with E-state index >= 15 is 0 Å². The topological polar surface area (TPSA) is 26.3 Å². The third kappa shape index (κ3) is 2.07. The van der Waals surface area contributed by atoms with Crippen LogP contribution in [0.5, 0.6) is 5.75 Å². The van der Waals surface area contributed by atoms with Crippen LogP contribution >= 0.6 is 11.6 Å². The summed E-state index contributed by atoms with van der Waals surface area (Å²) in [5.41, 5.74) is 0.242. The predicted molar refractivity (Wildman–Crippen MR) is 56.9 cm³/mol. The van der Waals surface area contributed by atoms with Crippen LogP contribution in [0.25, 0.3) is 0 Å². The number of hydrogen-bond acceptors (Lipinski definition) is 2. The van der Waals surface area contributed by atoms with Crippen LogP contribution in [0.2, 0.25) is 0 Å². The van der Waals surface area contributed by atoms with Gasteiger partial charge in [-0.2, -0.15) is 0 Å². The quantitative estimate of drug-likeness (QED) is 0.721. The number of hydrogen-bond donors (Lipinski definition) is 0. The molecule has 0 aliphatic rings. The van der Waals surface area contributed by atoms with Crippen LogP contribution < -0.4 is 4.74 Å². The molecule has 0 unspecified atom stereocenters. The summed E-state index contributed by atoms with van der Waals surface area (Å²) >= 11 is 5.51. The molecule has 76 valence electrons. The van der Waals surface area contributed by atoms with E-state index in [1.54, 1.807) is 21.0 Å². The van der Waals surface area contributed by atoms with Gasteiger partial charge in [0.15, 0.2) is 0 Å². The molecule has 0 aromatic heterocycles. The number of ether oxygens (including phenoxy) is 1. The molecular weight excluding hydrogens is 200 g/mol. The lowest BCUT2D eigenvalue weighted by Crippen LogP contribution is -2.24. The summed E-state index contributed by atoms with van der Waals surface area (Å²) in [6.07, 6.45) is 0. The molecule has 0 aliphatic carbocycles. The van der Waals surface area contributed by atoms with Gasteiger partial charge in [0.2, 0.25) is 5.24 Å². The van der Waals surface area contributed by atoms with E-state index < -0.39 is 5.41 Å². The van der Waals surface area contributed by atoms with E-state index in [2.05, 4.69) is 0 Å². The first-order valence-corrected chi connectivity index (χ1v) is 4.70. The van der Waals surface area contributed by atoms with Crippen molar-refractivity contribution in [1.82, 2.24) is 0 Å². The molecule has 0 amide bonds. The molecule has 0 heterocycles. The third-order valence-corrected chi connectivity index (χ3v) is 2.78. The zero-order valence-electron chi connectivity index (χ0n) is 8.50. The first kappa shape index (κ1) is 11.1. The monoisotopic (exact) mass is 212 g/mol. The second kappa shape index (κ2) is 4.01. The molecule has 0 spiro atoms. The summed E-state index contributed by atoms with van der Waals surface area (Å²) in [7, 11) is 1.60. The fraction of sp³-hybridized carbons (Fsp3) is 0.364. The lowest BCUT2D eigenvalue weighted by molar-refractivity contribution is -0.115. The van der Waals surface area contributed by atoms with Crippen LogP contribution in [-0.4, -0.2) is 12.4 Å². The summed E-state index contributed by atoms with van der Waals surface area (Å²) < 4.78 is 5.02. The van der Waals surface area contributed by atoms with Crippen LogP contribution in [0, 0.1) is 0 Å². The Morgan fingerprint density at radius 3 is 2.14 bits per heavy atom. The lowest BCUT2D eigenvalue weighted by atomic mass is 9.86. The van der Waals surface area contributed by atoms with Crippen LogP contribution in [0.4, 0.5) is 0 Å². The standard InChI is InChI=1S/C11H13ClO2/c1-11(2,10(12)13)8-4-6-9(14-3)7-5-8/h4-7H,1-3H3. The van der Waals surface area contributed by atoms with Crippen LogP contribution in [-0.2, 0) is 10.2 Å². The zero-order valence-corrected chi connectivity index (χ0v) is 9.26. The Morgan fingerprint density at radius 1 is 1.29 bits per heavy atom. The molecule has 0 radical (unpaired) electrons. The fourth-order valence-corrected chi connectivity index (χ4v) is 1.23. The van der Waals surface area contributed by atoms with Crippen molar-refractivity contribution in [2.24, 2.45) is 0 Å². The minimum absolute atomic E-state index is 0.359. The van der Waals surface area contributed by atoms with Gasteiger partial charge in [-0.05, 0) is 43.1 Å². The number of benzene rings is 1. The summed E-state index contributed by atoms with van der Waals surface area (Å²) in [5, 5.41) is -0.359. The van der Waals surface area contributed by atoms with Gasteiger partial charge < -0.3 is 4.74 Å². The molecule has 0 atom stereocenters. The van der Waals surface area contributed by atoms with E-state index in [1.807, 2.05) is 24.3 Å². The number of rotatable bonds is 3. The van der Waals surface area contributed by atoms with Gasteiger partial charge in [0.05, 0.1) is 12.5 Å². The van der Waals surface area contributed by atoms with Gasteiger partial charge in [0.1, 0.15) is 5.75 Å². The zero-order chi connectivity index (χ0) is 10.8. The molecule has 1 aromatic rings. The Balaban J connectivity index is 3.02. The summed E-state index contributed by atoms with van der Waals surface area (Å²) in [4.78, 5) is 11.2. The van der Waals surface area contributed by atoms with E-state index in [1.165, 1.54) is 0 Å². The SMILES string of the molecule is COc1ccc(C(C)(C)C(=O)Cl)cc1. The third-order valence-electron chi connectivity index (χ3n) is 2.30. The largest absolute Gasteiger partial charge is 0.497 e. The Morgan fingerprint density at radius 2 is 1.79 bits per heavy atom. The van der Waals surface area contributed by atoms with Gasteiger partial charge in [-0.15, -0.1) is 0 Å². The van der Waals surface area contributed by atoms with Crippen molar-refractivity contribution in [3.63, 3.8) is 0 Å². The van der Waals surface area contributed by atoms with Crippen molar-refractivity contribution < 1.29 is 9.53 Å². The van der Waals surface area contributed by atoms with Gasteiger partial charge in [-0.3, -0.25) is 4.79 Å². The lowest BCUT2D eigenvalue weighted by Gasteiger charge is -2.20. The second-order valence-corrected chi connectivity index (χ2v) is 3.97. The van der Waals surface area contributed by atoms with E-state index in [-0.39, 0.29) is 5.24 Å². The number of halogens is 1. The molecule has 0 saturated heterocycles. The fourth-order valence-electron chi connectivity index (χ4n) is 1.12. The number of methoxy groups -OCH3 is 1. The van der Waals surface area contributed by atoms with Gasteiger partial charge in [0, 0.05) is 0 Å². The second-order valence-electron chi connectivity index (χ2n) is 3.63. The van der Waals surface area contributed by atoms with E-state index in [9.17, 15) is 4.79 Å². The Bertz CT molecular complexity index is 328. The molecule has 3 heteroatoms. The molecule has 14 heavy (non-hydrogen) atoms. The van der Waals surface area contributed by atoms with Crippen molar-refractivity contribution in [2.75, 3.05) is 7.11 Å². The van der Waals surface area contributed by atoms with Crippen LogP contribution in [0.3, 0.4) is 0 Å². The van der Waals surface area contributed by atoms with Gasteiger partial charge in [0.25, 0.3) is 0 Å².